The number of nitrogens with one attached hydrogen (secondary N) is 1. The van der Waals surface area contributed by atoms with Crippen LogP contribution in [0.25, 0.3) is 0 Å². The first-order valence-electron chi connectivity index (χ1n) is 6.95. The van der Waals surface area contributed by atoms with Crippen LogP contribution < -0.4 is 5.32 Å². The van der Waals surface area contributed by atoms with Gasteiger partial charge in [-0.1, -0.05) is 30.3 Å². The second-order valence-corrected chi connectivity index (χ2v) is 10.1. The molecule has 1 unspecified atom stereocenters. The minimum atomic E-state index is 0.161. The first-order valence-corrected chi connectivity index (χ1v) is 9.91. The molecule has 4 heteroatoms. The molecule has 2 aliphatic rings. The number of rotatable bonds is 4. The highest BCUT2D eigenvalue weighted by Crippen LogP contribution is 2.50. The maximum atomic E-state index is 3.77. The van der Waals surface area contributed by atoms with E-state index in [9.17, 15) is 0 Å². The van der Waals surface area contributed by atoms with E-state index < -0.39 is 0 Å². The van der Waals surface area contributed by atoms with Gasteiger partial charge in [-0.3, -0.25) is 5.32 Å². The highest BCUT2D eigenvalue weighted by atomic mass is 32.2. The van der Waals surface area contributed by atoms with Crippen molar-refractivity contribution in [1.82, 2.24) is 5.32 Å². The van der Waals surface area contributed by atoms with E-state index in [2.05, 4.69) is 77.9 Å². The number of hydrogen-bond donors (Lipinski definition) is 1. The Morgan fingerprint density at radius 1 is 1.00 bits per heavy atom. The molecule has 0 amide bonds. The molecule has 0 aromatic heterocycles. The van der Waals surface area contributed by atoms with Crippen LogP contribution in [0.3, 0.4) is 0 Å². The maximum Gasteiger partial charge on any atom is 0.0902 e. The molecule has 0 saturated carbocycles. The Morgan fingerprint density at radius 2 is 1.74 bits per heavy atom. The van der Waals surface area contributed by atoms with Gasteiger partial charge in [0.15, 0.2) is 0 Å². The lowest BCUT2D eigenvalue weighted by atomic mass is 10.00. The predicted molar refractivity (Wildman–Crippen MR) is 91.1 cm³/mol. The Kier molecular flexibility index (Phi) is 4.42. The van der Waals surface area contributed by atoms with Crippen LogP contribution in [0, 0.1) is 0 Å². The summed E-state index contributed by atoms with van der Waals surface area (Å²) >= 11 is 6.39. The van der Waals surface area contributed by atoms with Crippen molar-refractivity contribution in [2.45, 2.75) is 28.7 Å². The molecule has 0 spiro atoms. The molecular formula is C15H21NS3. The van der Waals surface area contributed by atoms with Crippen LogP contribution in [-0.4, -0.2) is 27.9 Å². The number of benzene rings is 1. The first kappa shape index (κ1) is 14.2. The number of hydrogen-bond acceptors (Lipinski definition) is 4. The van der Waals surface area contributed by atoms with Crippen molar-refractivity contribution < 1.29 is 0 Å². The molecule has 2 saturated heterocycles. The topological polar surface area (TPSA) is 12.0 Å². The van der Waals surface area contributed by atoms with Gasteiger partial charge in [-0.25, -0.2) is 0 Å². The van der Waals surface area contributed by atoms with Crippen LogP contribution in [-0.2, 0) is 4.87 Å². The van der Waals surface area contributed by atoms with Crippen molar-refractivity contribution in [1.29, 1.82) is 0 Å². The summed E-state index contributed by atoms with van der Waals surface area (Å²) in [6, 6.07) is 11.0. The van der Waals surface area contributed by atoms with Gasteiger partial charge in [0.05, 0.1) is 8.95 Å². The van der Waals surface area contributed by atoms with Crippen molar-refractivity contribution in [2.24, 2.45) is 0 Å². The number of thioether (sulfide) groups is 3. The zero-order valence-corrected chi connectivity index (χ0v) is 13.8. The summed E-state index contributed by atoms with van der Waals surface area (Å²) in [4.78, 5) is 0.161. The molecule has 1 aromatic rings. The molecule has 0 aliphatic carbocycles. The molecule has 2 heterocycles. The van der Waals surface area contributed by atoms with Crippen molar-refractivity contribution in [3.8, 4) is 0 Å². The molecule has 2 aliphatic heterocycles. The van der Waals surface area contributed by atoms with Gasteiger partial charge in [-0.2, -0.15) is 0 Å². The lowest BCUT2D eigenvalue weighted by Gasteiger charge is -2.33. The van der Waals surface area contributed by atoms with E-state index in [1.54, 1.807) is 0 Å². The summed E-state index contributed by atoms with van der Waals surface area (Å²) in [6.07, 6.45) is 2.52. The smallest absolute Gasteiger partial charge is 0.0902 e. The van der Waals surface area contributed by atoms with Gasteiger partial charge < -0.3 is 0 Å². The molecule has 1 nitrogen and oxygen atoms in total. The zero-order valence-electron chi connectivity index (χ0n) is 11.4. The summed E-state index contributed by atoms with van der Waals surface area (Å²) in [7, 11) is 0. The summed E-state index contributed by atoms with van der Waals surface area (Å²) in [5.74, 6) is 3.87. The summed E-state index contributed by atoms with van der Waals surface area (Å²) in [5.41, 5.74) is 1.45. The minimum Gasteiger partial charge on any atom is -0.298 e. The fourth-order valence-electron chi connectivity index (χ4n) is 2.83. The highest BCUT2D eigenvalue weighted by molar-refractivity contribution is 8.21. The average molecular weight is 312 g/mol. The van der Waals surface area contributed by atoms with Gasteiger partial charge in [0.1, 0.15) is 0 Å². The van der Waals surface area contributed by atoms with Gasteiger partial charge in [0, 0.05) is 23.8 Å². The Labute approximate surface area is 129 Å². The maximum absolute atomic E-state index is 3.77. The van der Waals surface area contributed by atoms with E-state index in [0.717, 1.165) is 6.54 Å². The second-order valence-electron chi connectivity index (χ2n) is 5.30. The summed E-state index contributed by atoms with van der Waals surface area (Å²) in [5, 5.41) is 3.77. The van der Waals surface area contributed by atoms with Crippen LogP contribution >= 0.6 is 35.3 Å². The van der Waals surface area contributed by atoms with Crippen LogP contribution in [0.4, 0.5) is 0 Å². The average Bonchev–Trinajstić information content (AvgIpc) is 3.08. The normalized spacial score (nSPS) is 29.7. The van der Waals surface area contributed by atoms with E-state index >= 15 is 0 Å². The second kappa shape index (κ2) is 5.92. The van der Waals surface area contributed by atoms with Gasteiger partial charge in [0.2, 0.25) is 0 Å². The lowest BCUT2D eigenvalue weighted by molar-refractivity contribution is 0.465. The standard InChI is InChI=1S/C15H21NS3/c1-14(17-11-12-18-14)7-8-15(16-9-10-19-15)13-5-3-2-4-6-13/h2-6,16H,7-12H2,1H3. The SMILES string of the molecule is CC1(CCC2(c3ccccc3)NCCS2)SCCS1. The van der Waals surface area contributed by atoms with Crippen LogP contribution in [0.15, 0.2) is 30.3 Å². The minimum absolute atomic E-state index is 0.161. The summed E-state index contributed by atoms with van der Waals surface area (Å²) < 4.78 is 0.437. The Balaban J connectivity index is 1.74. The molecule has 1 aromatic carbocycles. The fourth-order valence-corrected chi connectivity index (χ4v) is 6.99. The van der Waals surface area contributed by atoms with Crippen LogP contribution in [0.5, 0.6) is 0 Å². The third-order valence-electron chi connectivity index (χ3n) is 3.93. The van der Waals surface area contributed by atoms with Crippen molar-refractivity contribution in [2.75, 3.05) is 23.8 Å². The highest BCUT2D eigenvalue weighted by Gasteiger charge is 2.39. The third-order valence-corrected chi connectivity index (χ3v) is 8.83. The quantitative estimate of drug-likeness (QED) is 0.896. The Morgan fingerprint density at radius 3 is 2.37 bits per heavy atom. The van der Waals surface area contributed by atoms with Crippen LogP contribution in [0.1, 0.15) is 25.3 Å². The largest absolute Gasteiger partial charge is 0.298 e. The lowest BCUT2D eigenvalue weighted by Crippen LogP contribution is -2.35. The van der Waals surface area contributed by atoms with Gasteiger partial charge in [-0.05, 0) is 25.3 Å². The van der Waals surface area contributed by atoms with Crippen molar-refractivity contribution >= 4 is 35.3 Å². The van der Waals surface area contributed by atoms with E-state index in [1.807, 2.05) is 0 Å². The van der Waals surface area contributed by atoms with Crippen molar-refractivity contribution in [3.05, 3.63) is 35.9 Å². The molecule has 3 rings (SSSR count). The van der Waals surface area contributed by atoms with Gasteiger partial charge in [-0.15, -0.1) is 35.3 Å². The Hall–Kier alpha value is 0.230. The molecule has 0 bridgehead atoms. The van der Waals surface area contributed by atoms with Crippen molar-refractivity contribution in [3.63, 3.8) is 0 Å². The van der Waals surface area contributed by atoms with E-state index in [4.69, 9.17) is 0 Å². The van der Waals surface area contributed by atoms with Gasteiger partial charge in [0.25, 0.3) is 0 Å². The molecule has 19 heavy (non-hydrogen) atoms. The third kappa shape index (κ3) is 3.12. The molecule has 1 atom stereocenters. The fraction of sp³-hybridized carbons (Fsp3) is 0.600. The molecular weight excluding hydrogens is 290 g/mol. The van der Waals surface area contributed by atoms with E-state index in [1.165, 1.54) is 35.7 Å². The van der Waals surface area contributed by atoms with E-state index in [0.29, 0.717) is 4.08 Å². The molecule has 1 N–H and O–H groups in total. The van der Waals surface area contributed by atoms with E-state index in [-0.39, 0.29) is 4.87 Å². The molecule has 2 fully saturated rings. The van der Waals surface area contributed by atoms with Gasteiger partial charge >= 0.3 is 0 Å². The Bertz CT molecular complexity index is 409. The first-order chi connectivity index (χ1) is 9.23. The summed E-state index contributed by atoms with van der Waals surface area (Å²) in [6.45, 7) is 3.56. The monoisotopic (exact) mass is 311 g/mol. The van der Waals surface area contributed by atoms with Crippen LogP contribution in [0.2, 0.25) is 0 Å². The molecule has 0 radical (unpaired) electrons. The predicted octanol–water partition coefficient (Wildman–Crippen LogP) is 4.15. The molecule has 104 valence electrons. The zero-order chi connectivity index (χ0) is 13.2.